The van der Waals surface area contributed by atoms with E-state index in [0.717, 1.165) is 5.75 Å². The summed E-state index contributed by atoms with van der Waals surface area (Å²) in [6.07, 6.45) is 1.27. The van der Waals surface area contributed by atoms with Crippen molar-refractivity contribution in [2.75, 3.05) is 19.8 Å². The van der Waals surface area contributed by atoms with Crippen molar-refractivity contribution in [3.63, 3.8) is 0 Å². The predicted octanol–water partition coefficient (Wildman–Crippen LogP) is 2.56. The van der Waals surface area contributed by atoms with Gasteiger partial charge in [0, 0.05) is 6.42 Å². The normalized spacial score (nSPS) is 11.5. The predicted molar refractivity (Wildman–Crippen MR) is 70.1 cm³/mol. The topological polar surface area (TPSA) is 68.2 Å². The van der Waals surface area contributed by atoms with Crippen LogP contribution in [0.4, 0.5) is 0 Å². The van der Waals surface area contributed by atoms with Crippen LogP contribution < -0.4 is 4.74 Å². The van der Waals surface area contributed by atoms with Crippen LogP contribution in [0.3, 0.4) is 0 Å². The summed E-state index contributed by atoms with van der Waals surface area (Å²) in [5, 5.41) is 0. The summed E-state index contributed by atoms with van der Waals surface area (Å²) in [5.74, 6) is 0.786. The summed E-state index contributed by atoms with van der Waals surface area (Å²) in [6, 6.07) is 9.42. The average Bonchev–Trinajstić information content (AvgIpc) is 2.37. The molecule has 1 aromatic rings. The molecular weight excluding hydrogens is 255 g/mol. The molecular formula is C12H20O5P+. The van der Waals surface area contributed by atoms with Crippen molar-refractivity contribution in [3.05, 3.63) is 30.3 Å². The molecule has 0 bridgehead atoms. The Morgan fingerprint density at radius 3 is 2.33 bits per heavy atom. The van der Waals surface area contributed by atoms with Gasteiger partial charge < -0.3 is 4.74 Å². The molecule has 1 rings (SSSR count). The van der Waals surface area contributed by atoms with Gasteiger partial charge in [0.1, 0.15) is 12.4 Å². The summed E-state index contributed by atoms with van der Waals surface area (Å²) in [4.78, 5) is 18.7. The summed E-state index contributed by atoms with van der Waals surface area (Å²) in [7, 11) is -3.63. The zero-order valence-corrected chi connectivity index (χ0v) is 11.4. The average molecular weight is 275 g/mol. The third kappa shape index (κ3) is 6.89. The highest BCUT2D eigenvalue weighted by atomic mass is 31.2. The molecule has 102 valence electrons. The first kappa shape index (κ1) is 15.3. The van der Waals surface area contributed by atoms with Crippen LogP contribution in [0, 0.1) is 0 Å². The highest BCUT2D eigenvalue weighted by molar-refractivity contribution is 7.54. The third-order valence-corrected chi connectivity index (χ3v) is 3.06. The van der Waals surface area contributed by atoms with Crippen LogP contribution >= 0.6 is 8.17 Å². The van der Waals surface area contributed by atoms with Crippen LogP contribution in [0.15, 0.2) is 30.3 Å². The molecule has 0 aromatic heterocycles. The lowest BCUT2D eigenvalue weighted by atomic mass is 10.3. The van der Waals surface area contributed by atoms with Gasteiger partial charge in [-0.2, -0.15) is 18.8 Å². The fourth-order valence-electron chi connectivity index (χ4n) is 1.20. The van der Waals surface area contributed by atoms with Gasteiger partial charge in [0.2, 0.25) is 0 Å². The number of hydrogen-bond donors (Lipinski definition) is 2. The van der Waals surface area contributed by atoms with Gasteiger partial charge in [0.05, 0.1) is 13.2 Å². The Bertz CT molecular complexity index is 318. The van der Waals surface area contributed by atoms with Crippen LogP contribution in [0.25, 0.3) is 0 Å². The lowest BCUT2D eigenvalue weighted by Crippen LogP contribution is -2.07. The van der Waals surface area contributed by atoms with E-state index in [0.29, 0.717) is 19.4 Å². The Morgan fingerprint density at radius 1 is 1.00 bits per heavy atom. The van der Waals surface area contributed by atoms with E-state index in [4.69, 9.17) is 13.8 Å². The maximum absolute atomic E-state index is 9.34. The number of hydrogen-bond acceptors (Lipinski definition) is 5. The van der Waals surface area contributed by atoms with Gasteiger partial charge in [-0.1, -0.05) is 25.1 Å². The van der Waals surface area contributed by atoms with Crippen molar-refractivity contribution in [1.82, 2.24) is 0 Å². The first-order chi connectivity index (χ1) is 8.64. The largest absolute Gasteiger partial charge is 0.569 e. The maximum Gasteiger partial charge on any atom is 0.569 e. The van der Waals surface area contributed by atoms with E-state index in [-0.39, 0.29) is 13.2 Å². The molecule has 0 heterocycles. The minimum Gasteiger partial charge on any atom is -0.494 e. The third-order valence-electron chi connectivity index (χ3n) is 2.02. The number of benzene rings is 1. The highest BCUT2D eigenvalue weighted by Gasteiger charge is 2.38. The molecule has 5 nitrogen and oxygen atoms in total. The molecule has 6 heteroatoms. The highest BCUT2D eigenvalue weighted by Crippen LogP contribution is 2.52. The first-order valence-corrected chi connectivity index (χ1v) is 7.48. The summed E-state index contributed by atoms with van der Waals surface area (Å²) >= 11 is 0. The Balaban J connectivity index is 2.08. The molecule has 0 aliphatic heterocycles. The second-order valence-electron chi connectivity index (χ2n) is 3.67. The fourth-order valence-corrected chi connectivity index (χ4v) is 2.06. The van der Waals surface area contributed by atoms with Crippen LogP contribution in [0.5, 0.6) is 5.75 Å². The summed E-state index contributed by atoms with van der Waals surface area (Å²) in [6.45, 7) is 2.81. The molecule has 1 aromatic carbocycles. The van der Waals surface area contributed by atoms with E-state index in [9.17, 15) is 9.79 Å². The maximum atomic E-state index is 9.34. The first-order valence-electron chi connectivity index (χ1n) is 5.95. The van der Waals surface area contributed by atoms with E-state index < -0.39 is 8.17 Å². The molecule has 0 saturated carbocycles. The Kier molecular flexibility index (Phi) is 7.16. The summed E-state index contributed by atoms with van der Waals surface area (Å²) < 4.78 is 15.1. The monoisotopic (exact) mass is 275 g/mol. The Morgan fingerprint density at radius 2 is 1.67 bits per heavy atom. The van der Waals surface area contributed by atoms with E-state index >= 15 is 0 Å². The van der Waals surface area contributed by atoms with Gasteiger partial charge >= 0.3 is 8.17 Å². The molecule has 0 radical (unpaired) electrons. The number of ether oxygens (including phenoxy) is 1. The molecule has 0 unspecified atom stereocenters. The lowest BCUT2D eigenvalue weighted by molar-refractivity contribution is 0.110. The van der Waals surface area contributed by atoms with Gasteiger partial charge in [0.25, 0.3) is 0 Å². The van der Waals surface area contributed by atoms with Gasteiger partial charge in [-0.05, 0) is 18.6 Å². The van der Waals surface area contributed by atoms with Gasteiger partial charge in [-0.15, -0.1) is 0 Å². The van der Waals surface area contributed by atoms with Crippen molar-refractivity contribution < 1.29 is 23.6 Å². The number of para-hydroxylation sites is 1. The van der Waals surface area contributed by atoms with Crippen molar-refractivity contribution in [2.45, 2.75) is 19.8 Å². The van der Waals surface area contributed by atoms with Crippen LogP contribution in [-0.4, -0.2) is 29.6 Å². The smallest absolute Gasteiger partial charge is 0.494 e. The van der Waals surface area contributed by atoms with Gasteiger partial charge in [-0.25, -0.2) is 0 Å². The quantitative estimate of drug-likeness (QED) is 0.535. The molecule has 0 atom stereocenters. The molecule has 0 aliphatic carbocycles. The molecule has 0 saturated heterocycles. The Labute approximate surface area is 108 Å². The molecule has 2 N–H and O–H groups in total. The molecule has 0 spiro atoms. The SMILES string of the molecule is CCCO[P+](O)(O)OCCCOc1ccccc1. The second-order valence-corrected chi connectivity index (χ2v) is 5.17. The van der Waals surface area contributed by atoms with E-state index in [1.165, 1.54) is 0 Å². The summed E-state index contributed by atoms with van der Waals surface area (Å²) in [5.41, 5.74) is 0. The minimum absolute atomic E-state index is 0.192. The fraction of sp³-hybridized carbons (Fsp3) is 0.500. The van der Waals surface area contributed by atoms with E-state index in [1.54, 1.807) is 0 Å². The lowest BCUT2D eigenvalue weighted by Gasteiger charge is -2.09. The standard InChI is InChI=1S/C12H20O5P/c1-2-9-16-18(13,14)17-11-6-10-15-12-7-4-3-5-8-12/h3-5,7-8,13-14H,2,6,9-11H2,1H3/q+1. The minimum atomic E-state index is -3.63. The van der Waals surface area contributed by atoms with E-state index in [2.05, 4.69) is 0 Å². The zero-order chi connectivity index (χ0) is 13.3. The molecule has 18 heavy (non-hydrogen) atoms. The van der Waals surface area contributed by atoms with Crippen LogP contribution in [0.2, 0.25) is 0 Å². The molecule has 0 aliphatic rings. The number of rotatable bonds is 9. The van der Waals surface area contributed by atoms with Gasteiger partial charge in [-0.3, -0.25) is 0 Å². The van der Waals surface area contributed by atoms with Gasteiger partial charge in [0.15, 0.2) is 0 Å². The van der Waals surface area contributed by atoms with Crippen molar-refractivity contribution in [1.29, 1.82) is 0 Å². The van der Waals surface area contributed by atoms with E-state index in [1.807, 2.05) is 37.3 Å². The Hall–Kier alpha value is -0.710. The van der Waals surface area contributed by atoms with Crippen molar-refractivity contribution in [3.8, 4) is 5.75 Å². The van der Waals surface area contributed by atoms with Crippen LogP contribution in [0.1, 0.15) is 19.8 Å². The molecule has 0 amide bonds. The second kappa shape index (κ2) is 8.40. The van der Waals surface area contributed by atoms with Crippen LogP contribution in [-0.2, 0) is 9.05 Å². The van der Waals surface area contributed by atoms with Crippen molar-refractivity contribution in [2.24, 2.45) is 0 Å². The zero-order valence-electron chi connectivity index (χ0n) is 10.5. The van der Waals surface area contributed by atoms with Crippen molar-refractivity contribution >= 4 is 8.17 Å². The molecule has 0 fully saturated rings.